The molecular formula is C24H28ClN3O6S2. The monoisotopic (exact) mass is 553 g/mol. The third-order valence-corrected chi connectivity index (χ3v) is 9.79. The van der Waals surface area contributed by atoms with Crippen molar-refractivity contribution in [2.45, 2.75) is 27.4 Å². The molecule has 0 bridgehead atoms. The lowest BCUT2D eigenvalue weighted by Gasteiger charge is -2.38. The molecule has 3 N–H and O–H groups in total. The van der Waals surface area contributed by atoms with Crippen molar-refractivity contribution in [3.8, 4) is 0 Å². The van der Waals surface area contributed by atoms with Crippen molar-refractivity contribution in [1.29, 1.82) is 0 Å². The zero-order valence-corrected chi connectivity index (χ0v) is 22.0. The standard InChI is InChI=1S/C24H27N3O6S2.ClH/c1-27-13-10-24(11-14-27,23(29)26-30)35(31,32)19-8-6-18(7-9-19)34-15-12-25-22(28)21-16-17-4-2-3-5-20(17)33-21;/h2-9,16,30H,10-15H2,1H3,(H,25,28)(H,26,29);1H. The van der Waals surface area contributed by atoms with Crippen molar-refractivity contribution in [3.63, 3.8) is 0 Å². The summed E-state index contributed by atoms with van der Waals surface area (Å²) in [4.78, 5) is 27.6. The first kappa shape index (κ1) is 28.0. The van der Waals surface area contributed by atoms with Crippen LogP contribution in [0.1, 0.15) is 23.4 Å². The van der Waals surface area contributed by atoms with Crippen LogP contribution in [0.3, 0.4) is 0 Å². The van der Waals surface area contributed by atoms with Crippen LogP contribution in [-0.2, 0) is 14.6 Å². The molecule has 1 fully saturated rings. The first-order chi connectivity index (χ1) is 16.8. The first-order valence-electron chi connectivity index (χ1n) is 11.1. The summed E-state index contributed by atoms with van der Waals surface area (Å²) in [6.45, 7) is 1.26. The molecule has 9 nitrogen and oxygen atoms in total. The fourth-order valence-corrected chi connectivity index (χ4v) is 6.88. The second-order valence-corrected chi connectivity index (χ2v) is 11.9. The number of thioether (sulfide) groups is 1. The van der Waals surface area contributed by atoms with E-state index in [9.17, 15) is 23.2 Å². The number of rotatable bonds is 8. The Kier molecular flexibility index (Phi) is 9.07. The highest BCUT2D eigenvalue weighted by molar-refractivity contribution is 7.99. The van der Waals surface area contributed by atoms with Gasteiger partial charge in [-0.05, 0) is 69.4 Å². The average Bonchev–Trinajstić information content (AvgIpc) is 3.31. The molecule has 3 aromatic rings. The number of hydroxylamine groups is 1. The maximum absolute atomic E-state index is 13.4. The predicted molar refractivity (Wildman–Crippen MR) is 140 cm³/mol. The Bertz CT molecular complexity index is 1290. The fourth-order valence-electron chi connectivity index (χ4n) is 4.15. The van der Waals surface area contributed by atoms with E-state index in [4.69, 9.17) is 4.42 Å². The molecule has 2 heterocycles. The van der Waals surface area contributed by atoms with Gasteiger partial charge in [-0.1, -0.05) is 18.2 Å². The van der Waals surface area contributed by atoms with Crippen molar-refractivity contribution in [2.24, 2.45) is 0 Å². The van der Waals surface area contributed by atoms with Crippen LogP contribution in [0.2, 0.25) is 0 Å². The summed E-state index contributed by atoms with van der Waals surface area (Å²) in [5.41, 5.74) is 2.21. The lowest BCUT2D eigenvalue weighted by molar-refractivity contribution is -0.133. The summed E-state index contributed by atoms with van der Waals surface area (Å²) >= 11 is 1.46. The zero-order chi connectivity index (χ0) is 25.1. The number of nitrogens with one attached hydrogen (secondary N) is 2. The van der Waals surface area contributed by atoms with Crippen LogP contribution in [-0.4, -0.2) is 67.5 Å². The van der Waals surface area contributed by atoms with Crippen molar-refractivity contribution >= 4 is 56.8 Å². The van der Waals surface area contributed by atoms with Gasteiger partial charge in [0, 0.05) is 22.6 Å². The number of furan rings is 1. The summed E-state index contributed by atoms with van der Waals surface area (Å²) in [6.07, 6.45) is 0.194. The molecular weight excluding hydrogens is 526 g/mol. The second kappa shape index (κ2) is 11.7. The number of halogens is 1. The SMILES string of the molecule is CN1CCC(C(=O)NO)(S(=O)(=O)c2ccc(SCCNC(=O)c3cc4ccccc4o3)cc2)CC1.Cl. The molecule has 12 heteroatoms. The van der Waals surface area contributed by atoms with Crippen LogP contribution < -0.4 is 10.8 Å². The number of piperidine rings is 1. The number of hydrogen-bond acceptors (Lipinski definition) is 8. The summed E-state index contributed by atoms with van der Waals surface area (Å²) in [5.74, 6) is -0.375. The van der Waals surface area contributed by atoms with Gasteiger partial charge < -0.3 is 14.6 Å². The van der Waals surface area contributed by atoms with Gasteiger partial charge in [0.05, 0.1) is 4.90 Å². The largest absolute Gasteiger partial charge is 0.451 e. The molecule has 0 saturated carbocycles. The normalized spacial score (nSPS) is 15.7. The van der Waals surface area contributed by atoms with Gasteiger partial charge in [0.15, 0.2) is 20.3 Å². The van der Waals surface area contributed by atoms with E-state index in [2.05, 4.69) is 5.32 Å². The summed E-state index contributed by atoms with van der Waals surface area (Å²) in [6, 6.07) is 15.4. The number of nitrogens with zero attached hydrogens (tertiary/aromatic N) is 1. The van der Waals surface area contributed by atoms with E-state index in [1.165, 1.54) is 23.9 Å². The number of amides is 2. The van der Waals surface area contributed by atoms with E-state index in [-0.39, 0.29) is 41.8 Å². The van der Waals surface area contributed by atoms with E-state index in [1.54, 1.807) is 29.7 Å². The number of likely N-dealkylation sites (tertiary alicyclic amines) is 1. The van der Waals surface area contributed by atoms with Gasteiger partial charge in [-0.25, -0.2) is 13.9 Å². The van der Waals surface area contributed by atoms with Gasteiger partial charge >= 0.3 is 0 Å². The number of fused-ring (bicyclic) bond motifs is 1. The third kappa shape index (κ3) is 5.55. The van der Waals surface area contributed by atoms with Gasteiger partial charge in [-0.3, -0.25) is 14.8 Å². The molecule has 0 atom stereocenters. The maximum Gasteiger partial charge on any atom is 0.287 e. The minimum atomic E-state index is -4.03. The Hall–Kier alpha value is -2.57. The molecule has 0 spiro atoms. The Labute approximate surface area is 219 Å². The highest BCUT2D eigenvalue weighted by atomic mass is 35.5. The Morgan fingerprint density at radius 2 is 1.78 bits per heavy atom. The summed E-state index contributed by atoms with van der Waals surface area (Å²) in [7, 11) is -2.17. The molecule has 0 aliphatic carbocycles. The highest BCUT2D eigenvalue weighted by Gasteiger charge is 2.52. The van der Waals surface area contributed by atoms with Crippen LogP contribution in [0, 0.1) is 0 Å². The van der Waals surface area contributed by atoms with Crippen LogP contribution >= 0.6 is 24.2 Å². The molecule has 1 aliphatic heterocycles. The fraction of sp³-hybridized carbons (Fsp3) is 0.333. The van der Waals surface area contributed by atoms with E-state index in [1.807, 2.05) is 30.1 Å². The second-order valence-electron chi connectivity index (χ2n) is 8.47. The van der Waals surface area contributed by atoms with Gasteiger partial charge in [-0.15, -0.1) is 24.2 Å². The van der Waals surface area contributed by atoms with Gasteiger partial charge in [-0.2, -0.15) is 0 Å². The molecule has 1 aliphatic rings. The summed E-state index contributed by atoms with van der Waals surface area (Å²) < 4.78 is 30.7. The molecule has 1 saturated heterocycles. The van der Waals surface area contributed by atoms with E-state index in [0.29, 0.717) is 31.0 Å². The minimum absolute atomic E-state index is 0. The minimum Gasteiger partial charge on any atom is -0.451 e. The van der Waals surface area contributed by atoms with Gasteiger partial charge in [0.1, 0.15) is 5.58 Å². The number of benzene rings is 2. The van der Waals surface area contributed by atoms with Gasteiger partial charge in [0.2, 0.25) is 0 Å². The third-order valence-electron chi connectivity index (χ3n) is 6.26. The van der Waals surface area contributed by atoms with E-state index >= 15 is 0 Å². The molecule has 0 unspecified atom stereocenters. The number of hydrogen-bond donors (Lipinski definition) is 3. The zero-order valence-electron chi connectivity index (χ0n) is 19.6. The lowest BCUT2D eigenvalue weighted by Crippen LogP contribution is -2.57. The maximum atomic E-state index is 13.4. The lowest BCUT2D eigenvalue weighted by atomic mass is 9.95. The molecule has 4 rings (SSSR count). The van der Waals surface area contributed by atoms with Crippen LogP contribution in [0.15, 0.2) is 68.8 Å². The van der Waals surface area contributed by atoms with E-state index in [0.717, 1.165) is 10.3 Å². The number of sulfone groups is 1. The van der Waals surface area contributed by atoms with Crippen LogP contribution in [0.4, 0.5) is 0 Å². The van der Waals surface area contributed by atoms with Gasteiger partial charge in [0.25, 0.3) is 11.8 Å². The first-order valence-corrected chi connectivity index (χ1v) is 13.6. The van der Waals surface area contributed by atoms with Crippen molar-refractivity contribution in [3.05, 3.63) is 60.4 Å². The molecule has 0 radical (unpaired) electrons. The Balaban J connectivity index is 0.00000361. The quantitative estimate of drug-likeness (QED) is 0.168. The number of carbonyl (C=O) groups is 2. The number of carbonyl (C=O) groups excluding carboxylic acids is 2. The summed E-state index contributed by atoms with van der Waals surface area (Å²) in [5, 5.41) is 12.9. The Morgan fingerprint density at radius 3 is 2.42 bits per heavy atom. The predicted octanol–water partition coefficient (Wildman–Crippen LogP) is 3.12. The van der Waals surface area contributed by atoms with Crippen LogP contribution in [0.25, 0.3) is 11.0 Å². The van der Waals surface area contributed by atoms with Crippen molar-refractivity contribution < 1.29 is 27.6 Å². The van der Waals surface area contributed by atoms with Crippen molar-refractivity contribution in [1.82, 2.24) is 15.7 Å². The molecule has 194 valence electrons. The molecule has 2 aromatic carbocycles. The van der Waals surface area contributed by atoms with Crippen molar-refractivity contribution in [2.75, 3.05) is 32.4 Å². The molecule has 2 amide bonds. The highest BCUT2D eigenvalue weighted by Crippen LogP contribution is 2.36. The number of para-hydroxylation sites is 1. The molecule has 36 heavy (non-hydrogen) atoms. The topological polar surface area (TPSA) is 129 Å². The van der Waals surface area contributed by atoms with Crippen LogP contribution in [0.5, 0.6) is 0 Å². The average molecular weight is 554 g/mol. The van der Waals surface area contributed by atoms with E-state index < -0.39 is 20.5 Å². The molecule has 1 aromatic heterocycles. The smallest absolute Gasteiger partial charge is 0.287 e. The Morgan fingerprint density at radius 1 is 1.11 bits per heavy atom.